The van der Waals surface area contributed by atoms with E-state index in [2.05, 4.69) is 4.98 Å². The first-order valence-corrected chi connectivity index (χ1v) is 5.33. The van der Waals surface area contributed by atoms with E-state index in [1.54, 1.807) is 18.3 Å². The van der Waals surface area contributed by atoms with Crippen molar-refractivity contribution in [2.45, 2.75) is 26.4 Å². The van der Waals surface area contributed by atoms with E-state index in [4.69, 9.17) is 10.4 Å². The molecule has 0 amide bonds. The Hall–Kier alpha value is -1.93. The highest BCUT2D eigenvalue weighted by molar-refractivity contribution is 5.69. The van der Waals surface area contributed by atoms with E-state index >= 15 is 0 Å². The molecule has 0 spiro atoms. The number of nitrogens with zero attached hydrogens (tertiary/aromatic N) is 3. The van der Waals surface area contributed by atoms with Crippen molar-refractivity contribution in [3.63, 3.8) is 0 Å². The quantitative estimate of drug-likeness (QED) is 0.828. The molecule has 90 valence electrons. The summed E-state index contributed by atoms with van der Waals surface area (Å²) in [6.45, 7) is 4.37. The number of hydrogen-bond donors (Lipinski definition) is 1. The molecule has 5 heteroatoms. The largest absolute Gasteiger partial charge is 0.480 e. The average molecular weight is 233 g/mol. The molecule has 1 heterocycles. The zero-order valence-electron chi connectivity index (χ0n) is 9.92. The van der Waals surface area contributed by atoms with Crippen LogP contribution in [0.4, 0.5) is 0 Å². The van der Waals surface area contributed by atoms with Crippen molar-refractivity contribution in [3.8, 4) is 6.07 Å². The Morgan fingerprint density at radius 1 is 1.65 bits per heavy atom. The molecule has 0 saturated heterocycles. The van der Waals surface area contributed by atoms with Crippen LogP contribution in [0.1, 0.15) is 25.1 Å². The van der Waals surface area contributed by atoms with Crippen molar-refractivity contribution in [3.05, 3.63) is 29.6 Å². The molecule has 1 aromatic heterocycles. The molecular weight excluding hydrogens is 218 g/mol. The smallest absolute Gasteiger partial charge is 0.317 e. The molecule has 0 aliphatic rings. The molecule has 0 bridgehead atoms. The highest BCUT2D eigenvalue weighted by atomic mass is 16.4. The van der Waals surface area contributed by atoms with Gasteiger partial charge in [0.1, 0.15) is 11.8 Å². The predicted molar refractivity (Wildman–Crippen MR) is 62.1 cm³/mol. The van der Waals surface area contributed by atoms with Gasteiger partial charge in [-0.2, -0.15) is 5.26 Å². The first-order chi connectivity index (χ1) is 8.02. The molecule has 0 radical (unpaired) electrons. The van der Waals surface area contributed by atoms with E-state index in [-0.39, 0.29) is 12.6 Å². The van der Waals surface area contributed by atoms with Crippen LogP contribution in [0.5, 0.6) is 0 Å². The van der Waals surface area contributed by atoms with E-state index in [0.717, 1.165) is 5.56 Å². The number of pyridine rings is 1. The lowest BCUT2D eigenvalue weighted by Gasteiger charge is -2.24. The van der Waals surface area contributed by atoms with Gasteiger partial charge in [0, 0.05) is 18.8 Å². The molecule has 0 atom stereocenters. The minimum Gasteiger partial charge on any atom is -0.480 e. The van der Waals surface area contributed by atoms with Crippen molar-refractivity contribution in [1.82, 2.24) is 9.88 Å². The van der Waals surface area contributed by atoms with Crippen molar-refractivity contribution >= 4 is 5.97 Å². The summed E-state index contributed by atoms with van der Waals surface area (Å²) in [5, 5.41) is 17.5. The first-order valence-electron chi connectivity index (χ1n) is 5.33. The fourth-order valence-corrected chi connectivity index (χ4v) is 1.46. The van der Waals surface area contributed by atoms with Crippen LogP contribution in [0.3, 0.4) is 0 Å². The van der Waals surface area contributed by atoms with Gasteiger partial charge in [0.25, 0.3) is 0 Å². The Kier molecular flexibility index (Phi) is 4.61. The fraction of sp³-hybridized carbons (Fsp3) is 0.417. The zero-order chi connectivity index (χ0) is 12.8. The first kappa shape index (κ1) is 13.1. The number of rotatable bonds is 5. The van der Waals surface area contributed by atoms with Gasteiger partial charge in [-0.15, -0.1) is 0 Å². The molecule has 0 saturated carbocycles. The monoisotopic (exact) mass is 233 g/mol. The summed E-state index contributed by atoms with van der Waals surface area (Å²) in [7, 11) is 0. The van der Waals surface area contributed by atoms with Crippen molar-refractivity contribution in [2.24, 2.45) is 0 Å². The maximum Gasteiger partial charge on any atom is 0.317 e. The topological polar surface area (TPSA) is 77.2 Å². The second kappa shape index (κ2) is 5.97. The van der Waals surface area contributed by atoms with Crippen LogP contribution in [0.2, 0.25) is 0 Å². The number of nitriles is 1. The van der Waals surface area contributed by atoms with Gasteiger partial charge in [-0.3, -0.25) is 9.69 Å². The van der Waals surface area contributed by atoms with Gasteiger partial charge < -0.3 is 5.11 Å². The van der Waals surface area contributed by atoms with E-state index in [1.807, 2.05) is 24.8 Å². The van der Waals surface area contributed by atoms with Crippen LogP contribution >= 0.6 is 0 Å². The van der Waals surface area contributed by atoms with Gasteiger partial charge in [-0.1, -0.05) is 0 Å². The molecule has 0 unspecified atom stereocenters. The normalized spacial score (nSPS) is 10.5. The highest BCUT2D eigenvalue weighted by Crippen LogP contribution is 2.08. The van der Waals surface area contributed by atoms with E-state index in [9.17, 15) is 4.79 Å². The van der Waals surface area contributed by atoms with Gasteiger partial charge in [-0.05, 0) is 31.5 Å². The maximum absolute atomic E-state index is 10.7. The van der Waals surface area contributed by atoms with E-state index in [0.29, 0.717) is 12.2 Å². The third kappa shape index (κ3) is 4.21. The van der Waals surface area contributed by atoms with Crippen LogP contribution < -0.4 is 0 Å². The molecule has 17 heavy (non-hydrogen) atoms. The van der Waals surface area contributed by atoms with Crippen LogP contribution in [0.15, 0.2) is 18.3 Å². The number of aliphatic carboxylic acids is 1. The minimum atomic E-state index is -0.853. The molecule has 0 fully saturated rings. The van der Waals surface area contributed by atoms with Crippen LogP contribution in [-0.2, 0) is 11.3 Å². The molecule has 0 aliphatic heterocycles. The molecular formula is C12H15N3O2. The van der Waals surface area contributed by atoms with Crippen LogP contribution in [-0.4, -0.2) is 33.5 Å². The lowest BCUT2D eigenvalue weighted by atomic mass is 10.2. The van der Waals surface area contributed by atoms with Gasteiger partial charge in [0.15, 0.2) is 0 Å². The van der Waals surface area contributed by atoms with Gasteiger partial charge >= 0.3 is 5.97 Å². The van der Waals surface area contributed by atoms with Crippen molar-refractivity contribution < 1.29 is 9.90 Å². The van der Waals surface area contributed by atoms with E-state index in [1.165, 1.54) is 0 Å². The van der Waals surface area contributed by atoms with Crippen molar-refractivity contribution in [1.29, 1.82) is 5.26 Å². The van der Waals surface area contributed by atoms with E-state index < -0.39 is 5.97 Å². The van der Waals surface area contributed by atoms with Crippen molar-refractivity contribution in [2.75, 3.05) is 6.54 Å². The summed E-state index contributed by atoms with van der Waals surface area (Å²) >= 11 is 0. The standard InChI is InChI=1S/C12H15N3O2/c1-9(2)15(8-12(16)17)7-10-3-4-14-11(5-10)6-13/h3-5,9H,7-8H2,1-2H3,(H,16,17). The minimum absolute atomic E-state index is 0.0120. The molecule has 1 aromatic rings. The lowest BCUT2D eigenvalue weighted by molar-refractivity contribution is -0.138. The molecule has 0 aliphatic carbocycles. The Morgan fingerprint density at radius 2 is 2.35 bits per heavy atom. The Balaban J connectivity index is 2.79. The van der Waals surface area contributed by atoms with Gasteiger partial charge in [0.05, 0.1) is 6.54 Å². The molecule has 5 nitrogen and oxygen atoms in total. The molecule has 1 rings (SSSR count). The van der Waals surface area contributed by atoms with Gasteiger partial charge in [-0.25, -0.2) is 4.98 Å². The lowest BCUT2D eigenvalue weighted by Crippen LogP contribution is -2.35. The summed E-state index contributed by atoms with van der Waals surface area (Å²) in [6.07, 6.45) is 1.56. The Bertz CT molecular complexity index is 438. The number of carboxylic acids is 1. The number of aromatic nitrogens is 1. The Morgan fingerprint density at radius 3 is 2.88 bits per heavy atom. The fourth-order valence-electron chi connectivity index (χ4n) is 1.46. The Labute approximate surface area is 100 Å². The summed E-state index contributed by atoms with van der Waals surface area (Å²) < 4.78 is 0. The summed E-state index contributed by atoms with van der Waals surface area (Å²) in [5.41, 5.74) is 1.24. The summed E-state index contributed by atoms with van der Waals surface area (Å²) in [5.74, 6) is -0.853. The number of carbonyl (C=O) groups is 1. The highest BCUT2D eigenvalue weighted by Gasteiger charge is 2.13. The second-order valence-electron chi connectivity index (χ2n) is 4.05. The maximum atomic E-state index is 10.7. The number of carboxylic acid groups (broad SMARTS) is 1. The second-order valence-corrected chi connectivity index (χ2v) is 4.05. The summed E-state index contributed by atoms with van der Waals surface area (Å²) in [6, 6.07) is 5.56. The number of hydrogen-bond acceptors (Lipinski definition) is 4. The summed E-state index contributed by atoms with van der Waals surface area (Å²) in [4.78, 5) is 16.4. The zero-order valence-corrected chi connectivity index (χ0v) is 9.92. The third-order valence-corrected chi connectivity index (χ3v) is 2.39. The van der Waals surface area contributed by atoms with Gasteiger partial charge in [0.2, 0.25) is 0 Å². The average Bonchev–Trinajstić information content (AvgIpc) is 2.27. The SMILES string of the molecule is CC(C)N(CC(=O)O)Cc1ccnc(C#N)c1. The third-order valence-electron chi connectivity index (χ3n) is 2.39. The van der Waals surface area contributed by atoms with Crippen LogP contribution in [0, 0.1) is 11.3 Å². The predicted octanol–water partition coefficient (Wildman–Crippen LogP) is 1.25. The van der Waals surface area contributed by atoms with Crippen LogP contribution in [0.25, 0.3) is 0 Å². The molecule has 0 aromatic carbocycles. The molecule has 1 N–H and O–H groups in total.